The van der Waals surface area contributed by atoms with E-state index < -0.39 is 0 Å². The first-order valence-corrected chi connectivity index (χ1v) is 5.99. The first-order valence-electron chi connectivity index (χ1n) is 5.20. The molecule has 2 rings (SSSR count). The second kappa shape index (κ2) is 4.85. The predicted octanol–water partition coefficient (Wildman–Crippen LogP) is 3.74. The summed E-state index contributed by atoms with van der Waals surface area (Å²) in [7, 11) is 1.95. The Morgan fingerprint density at radius 1 is 1.31 bits per heavy atom. The first-order chi connectivity index (χ1) is 7.72. The van der Waals surface area contributed by atoms with Crippen LogP contribution in [0.25, 0.3) is 11.3 Å². The Morgan fingerprint density at radius 3 is 2.75 bits per heavy atom. The van der Waals surface area contributed by atoms with E-state index in [1.807, 2.05) is 13.1 Å². The van der Waals surface area contributed by atoms with Crippen molar-refractivity contribution in [2.45, 2.75) is 13.5 Å². The van der Waals surface area contributed by atoms with Crippen molar-refractivity contribution in [2.75, 3.05) is 7.05 Å². The lowest BCUT2D eigenvalue weighted by Gasteiger charge is -2.08. The van der Waals surface area contributed by atoms with Gasteiger partial charge in [-0.1, -0.05) is 17.7 Å². The van der Waals surface area contributed by atoms with Crippen LogP contribution in [0.2, 0.25) is 0 Å². The van der Waals surface area contributed by atoms with Crippen LogP contribution in [-0.4, -0.2) is 7.05 Å². The van der Waals surface area contributed by atoms with Gasteiger partial charge >= 0.3 is 0 Å². The number of furan rings is 1. The maximum atomic E-state index is 5.52. The van der Waals surface area contributed by atoms with Crippen molar-refractivity contribution < 1.29 is 4.42 Å². The summed E-state index contributed by atoms with van der Waals surface area (Å²) in [5, 5.41) is 3.17. The van der Waals surface area contributed by atoms with Crippen molar-refractivity contribution in [1.82, 2.24) is 5.32 Å². The minimum Gasteiger partial charge on any atom is -0.463 e. The van der Waals surface area contributed by atoms with Gasteiger partial charge in [-0.25, -0.2) is 0 Å². The molecular formula is C13H14BrNO. The zero-order valence-corrected chi connectivity index (χ0v) is 11.0. The molecule has 3 heteroatoms. The highest BCUT2D eigenvalue weighted by Gasteiger charge is 2.11. The highest BCUT2D eigenvalue weighted by atomic mass is 79.9. The van der Waals surface area contributed by atoms with Crippen LogP contribution in [0.3, 0.4) is 0 Å². The summed E-state index contributed by atoms with van der Waals surface area (Å²) < 4.78 is 6.51. The van der Waals surface area contributed by atoms with E-state index in [2.05, 4.69) is 46.4 Å². The molecule has 0 atom stereocenters. The molecule has 0 aliphatic rings. The molecule has 0 saturated carbocycles. The van der Waals surface area contributed by atoms with Crippen LogP contribution in [0, 0.1) is 6.92 Å². The largest absolute Gasteiger partial charge is 0.463 e. The molecule has 2 aromatic rings. The van der Waals surface area contributed by atoms with Gasteiger partial charge in [-0.2, -0.15) is 0 Å². The first kappa shape index (κ1) is 11.4. The molecule has 0 spiro atoms. The summed E-state index contributed by atoms with van der Waals surface area (Å²) in [6.45, 7) is 2.92. The van der Waals surface area contributed by atoms with Crippen LogP contribution in [0.4, 0.5) is 0 Å². The molecule has 0 unspecified atom stereocenters. The zero-order valence-electron chi connectivity index (χ0n) is 9.38. The van der Waals surface area contributed by atoms with Gasteiger partial charge in [0.2, 0.25) is 0 Å². The number of halogens is 1. The summed E-state index contributed by atoms with van der Waals surface area (Å²) in [5.74, 6) is 0.897. The van der Waals surface area contributed by atoms with Crippen LogP contribution in [0.5, 0.6) is 0 Å². The molecule has 16 heavy (non-hydrogen) atoms. The maximum Gasteiger partial charge on any atom is 0.148 e. The van der Waals surface area contributed by atoms with Crippen LogP contribution in [0.15, 0.2) is 39.4 Å². The van der Waals surface area contributed by atoms with Crippen LogP contribution < -0.4 is 5.32 Å². The van der Waals surface area contributed by atoms with Gasteiger partial charge in [0.05, 0.1) is 10.7 Å². The molecule has 1 aromatic heterocycles. The standard InChI is InChI=1S/C13H14BrNO/c1-9-3-4-10(8-15-2)11(7-9)13-12(14)5-6-16-13/h3-7,15H,8H2,1-2H3. The lowest BCUT2D eigenvalue weighted by Crippen LogP contribution is -2.06. The third-order valence-electron chi connectivity index (χ3n) is 2.49. The fourth-order valence-electron chi connectivity index (χ4n) is 1.73. The van der Waals surface area contributed by atoms with Crippen LogP contribution >= 0.6 is 15.9 Å². The van der Waals surface area contributed by atoms with Crippen molar-refractivity contribution in [3.63, 3.8) is 0 Å². The number of nitrogens with one attached hydrogen (secondary N) is 1. The molecule has 0 aliphatic heterocycles. The molecule has 0 saturated heterocycles. The zero-order chi connectivity index (χ0) is 11.5. The Labute approximate surface area is 104 Å². The van der Waals surface area contributed by atoms with Gasteiger partial charge in [0.25, 0.3) is 0 Å². The molecular weight excluding hydrogens is 266 g/mol. The fraction of sp³-hybridized carbons (Fsp3) is 0.231. The third kappa shape index (κ3) is 2.20. The molecule has 1 N–H and O–H groups in total. The monoisotopic (exact) mass is 279 g/mol. The third-order valence-corrected chi connectivity index (χ3v) is 3.12. The van der Waals surface area contributed by atoms with Crippen molar-refractivity contribution in [1.29, 1.82) is 0 Å². The minimum atomic E-state index is 0.836. The van der Waals surface area contributed by atoms with E-state index in [9.17, 15) is 0 Å². The predicted molar refractivity (Wildman–Crippen MR) is 69.3 cm³/mol. The number of benzene rings is 1. The summed E-state index contributed by atoms with van der Waals surface area (Å²) in [4.78, 5) is 0. The van der Waals surface area contributed by atoms with Gasteiger partial charge in [-0.05, 0) is 47.6 Å². The Kier molecular flexibility index (Phi) is 3.46. The van der Waals surface area contributed by atoms with Gasteiger partial charge in [-0.15, -0.1) is 0 Å². The lowest BCUT2D eigenvalue weighted by atomic mass is 10.0. The van der Waals surface area contributed by atoms with E-state index >= 15 is 0 Å². The Morgan fingerprint density at radius 2 is 2.12 bits per heavy atom. The lowest BCUT2D eigenvalue weighted by molar-refractivity contribution is 0.580. The summed E-state index contributed by atoms with van der Waals surface area (Å²) in [5.41, 5.74) is 3.62. The van der Waals surface area contributed by atoms with E-state index in [-0.39, 0.29) is 0 Å². The second-order valence-electron chi connectivity index (χ2n) is 3.79. The van der Waals surface area contributed by atoms with E-state index in [4.69, 9.17) is 4.42 Å². The van der Waals surface area contributed by atoms with Crippen molar-refractivity contribution in [2.24, 2.45) is 0 Å². The summed E-state index contributed by atoms with van der Waals surface area (Å²) >= 11 is 3.50. The quantitative estimate of drug-likeness (QED) is 0.926. The minimum absolute atomic E-state index is 0.836. The molecule has 0 bridgehead atoms. The van der Waals surface area contributed by atoms with E-state index in [1.165, 1.54) is 11.1 Å². The average Bonchev–Trinajstić information content (AvgIpc) is 2.67. The average molecular weight is 280 g/mol. The smallest absolute Gasteiger partial charge is 0.148 e. The fourth-order valence-corrected chi connectivity index (χ4v) is 2.15. The molecule has 1 aromatic carbocycles. The van der Waals surface area contributed by atoms with E-state index in [0.29, 0.717) is 0 Å². The molecule has 0 amide bonds. The van der Waals surface area contributed by atoms with Crippen molar-refractivity contribution in [3.8, 4) is 11.3 Å². The number of hydrogen-bond donors (Lipinski definition) is 1. The van der Waals surface area contributed by atoms with Crippen LogP contribution in [-0.2, 0) is 6.54 Å². The van der Waals surface area contributed by atoms with Gasteiger partial charge in [-0.3, -0.25) is 0 Å². The van der Waals surface area contributed by atoms with Crippen molar-refractivity contribution in [3.05, 3.63) is 46.1 Å². The number of hydrogen-bond acceptors (Lipinski definition) is 2. The molecule has 0 fully saturated rings. The normalized spacial score (nSPS) is 10.7. The van der Waals surface area contributed by atoms with Crippen molar-refractivity contribution >= 4 is 15.9 Å². The molecule has 84 valence electrons. The van der Waals surface area contributed by atoms with Gasteiger partial charge in [0.1, 0.15) is 5.76 Å². The Bertz CT molecular complexity index is 490. The second-order valence-corrected chi connectivity index (χ2v) is 4.64. The highest BCUT2D eigenvalue weighted by Crippen LogP contribution is 2.32. The molecule has 1 heterocycles. The van der Waals surface area contributed by atoms with Gasteiger partial charge in [0.15, 0.2) is 0 Å². The number of aryl methyl sites for hydroxylation is 1. The van der Waals surface area contributed by atoms with Gasteiger partial charge in [0, 0.05) is 12.1 Å². The maximum absolute atomic E-state index is 5.52. The molecule has 2 nitrogen and oxygen atoms in total. The van der Waals surface area contributed by atoms with Gasteiger partial charge < -0.3 is 9.73 Å². The SMILES string of the molecule is CNCc1ccc(C)cc1-c1occc1Br. The van der Waals surface area contributed by atoms with E-state index in [1.54, 1.807) is 6.26 Å². The van der Waals surface area contributed by atoms with E-state index in [0.717, 1.165) is 22.3 Å². The molecule has 0 aliphatic carbocycles. The Hall–Kier alpha value is -1.06. The topological polar surface area (TPSA) is 25.2 Å². The molecule has 0 radical (unpaired) electrons. The van der Waals surface area contributed by atoms with Crippen LogP contribution in [0.1, 0.15) is 11.1 Å². The summed E-state index contributed by atoms with van der Waals surface area (Å²) in [6, 6.07) is 8.32. The number of rotatable bonds is 3. The summed E-state index contributed by atoms with van der Waals surface area (Å²) in [6.07, 6.45) is 1.70. The Balaban J connectivity index is 2.53. The highest BCUT2D eigenvalue weighted by molar-refractivity contribution is 9.10.